The van der Waals surface area contributed by atoms with Gasteiger partial charge in [-0.05, 0) is 36.5 Å². The number of aromatic nitrogens is 3. The molecule has 0 aliphatic heterocycles. The number of aromatic amines is 1. The molecule has 0 saturated heterocycles. The molecule has 3 nitrogen and oxygen atoms in total. The number of hydrogen-bond donors (Lipinski definition) is 1. The Kier molecular flexibility index (Phi) is 3.29. The number of nitrogens with one attached hydrogen (secondary N) is 1. The molecule has 21 heavy (non-hydrogen) atoms. The fraction of sp³-hybridized carbons (Fsp3) is 0.0667. The van der Waals surface area contributed by atoms with Gasteiger partial charge in [0.15, 0.2) is 9.11 Å². The number of nitrogens with zero attached hydrogens (tertiary/aromatic N) is 2. The zero-order valence-corrected chi connectivity index (χ0v) is 13.4. The van der Waals surface area contributed by atoms with E-state index >= 15 is 0 Å². The Hall–Kier alpha value is -1.63. The maximum atomic E-state index is 5.47. The molecule has 0 bridgehead atoms. The smallest absolute Gasteiger partial charge is 0.168 e. The summed E-state index contributed by atoms with van der Waals surface area (Å²) in [4.78, 5) is 7.92. The minimum Gasteiger partial charge on any atom is -0.333 e. The highest BCUT2D eigenvalue weighted by Gasteiger charge is 2.07. The van der Waals surface area contributed by atoms with E-state index in [0.29, 0.717) is 0 Å². The van der Waals surface area contributed by atoms with Crippen LogP contribution >= 0.6 is 35.3 Å². The van der Waals surface area contributed by atoms with Crippen molar-refractivity contribution in [3.63, 3.8) is 0 Å². The van der Waals surface area contributed by atoms with Crippen LogP contribution in [0.4, 0.5) is 0 Å². The summed E-state index contributed by atoms with van der Waals surface area (Å²) in [6.07, 6.45) is 0. The number of thiazole rings is 1. The minimum absolute atomic E-state index is 0.767. The number of imidazole rings is 1. The molecule has 0 atom stereocenters. The van der Waals surface area contributed by atoms with Crippen molar-refractivity contribution in [3.8, 4) is 0 Å². The second-order valence-electron chi connectivity index (χ2n) is 4.60. The fourth-order valence-corrected chi connectivity index (χ4v) is 4.61. The Morgan fingerprint density at radius 2 is 1.95 bits per heavy atom. The summed E-state index contributed by atoms with van der Waals surface area (Å²) >= 11 is 8.79. The Morgan fingerprint density at radius 1 is 1.14 bits per heavy atom. The van der Waals surface area contributed by atoms with Gasteiger partial charge in [-0.15, -0.1) is 11.3 Å². The molecule has 0 aliphatic carbocycles. The van der Waals surface area contributed by atoms with Gasteiger partial charge < -0.3 is 9.55 Å². The predicted molar refractivity (Wildman–Crippen MR) is 92.6 cm³/mol. The Bertz CT molecular complexity index is 947. The van der Waals surface area contributed by atoms with Crippen molar-refractivity contribution in [1.82, 2.24) is 14.5 Å². The number of para-hydroxylation sites is 3. The molecule has 2 heterocycles. The number of H-pyrrole nitrogens is 1. The van der Waals surface area contributed by atoms with Gasteiger partial charge >= 0.3 is 0 Å². The third-order valence-electron chi connectivity index (χ3n) is 3.27. The van der Waals surface area contributed by atoms with Gasteiger partial charge in [0.25, 0.3) is 0 Å². The van der Waals surface area contributed by atoms with Gasteiger partial charge in [-0.1, -0.05) is 36.0 Å². The van der Waals surface area contributed by atoms with Gasteiger partial charge in [0.05, 0.1) is 27.1 Å². The van der Waals surface area contributed by atoms with Crippen LogP contribution in [0.2, 0.25) is 0 Å². The van der Waals surface area contributed by atoms with E-state index in [9.17, 15) is 0 Å². The molecule has 2 aromatic heterocycles. The van der Waals surface area contributed by atoms with Crippen LogP contribution in [-0.2, 0) is 5.88 Å². The first-order valence-electron chi connectivity index (χ1n) is 6.47. The predicted octanol–water partition coefficient (Wildman–Crippen LogP) is 5.06. The number of benzene rings is 2. The molecule has 0 saturated carbocycles. The average Bonchev–Trinajstić information content (AvgIpc) is 3.04. The van der Waals surface area contributed by atoms with Gasteiger partial charge in [0.2, 0.25) is 0 Å². The van der Waals surface area contributed by atoms with Crippen molar-refractivity contribution >= 4 is 56.6 Å². The van der Waals surface area contributed by atoms with E-state index in [4.69, 9.17) is 12.2 Å². The van der Waals surface area contributed by atoms with Crippen molar-refractivity contribution in [1.29, 1.82) is 0 Å². The van der Waals surface area contributed by atoms with Crippen LogP contribution in [-0.4, -0.2) is 14.5 Å². The van der Waals surface area contributed by atoms with Gasteiger partial charge in [0.1, 0.15) is 0 Å². The van der Waals surface area contributed by atoms with Crippen LogP contribution in [0, 0.1) is 3.95 Å². The van der Waals surface area contributed by atoms with Gasteiger partial charge in [-0.3, -0.25) is 0 Å². The summed E-state index contributed by atoms with van der Waals surface area (Å²) in [7, 11) is 0. The van der Waals surface area contributed by atoms with Crippen molar-refractivity contribution in [2.24, 2.45) is 0 Å². The van der Waals surface area contributed by atoms with Crippen molar-refractivity contribution in [2.75, 3.05) is 0 Å². The first-order chi connectivity index (χ1) is 10.3. The molecule has 6 heteroatoms. The van der Waals surface area contributed by atoms with Gasteiger partial charge in [-0.2, -0.15) is 0 Å². The molecule has 0 radical (unpaired) electrons. The van der Waals surface area contributed by atoms with Crippen molar-refractivity contribution in [3.05, 3.63) is 52.5 Å². The van der Waals surface area contributed by atoms with Crippen LogP contribution in [0.25, 0.3) is 21.3 Å². The normalized spacial score (nSPS) is 11.4. The number of fused-ring (bicyclic) bond motifs is 2. The maximum Gasteiger partial charge on any atom is 0.168 e. The highest BCUT2D eigenvalue weighted by molar-refractivity contribution is 7.98. The number of thioether (sulfide) groups is 1. The van der Waals surface area contributed by atoms with Crippen LogP contribution < -0.4 is 0 Å². The van der Waals surface area contributed by atoms with E-state index in [0.717, 1.165) is 26.0 Å². The lowest BCUT2D eigenvalue weighted by Gasteiger charge is -2.02. The summed E-state index contributed by atoms with van der Waals surface area (Å²) < 4.78 is 4.29. The van der Waals surface area contributed by atoms with E-state index in [1.54, 1.807) is 23.1 Å². The molecular weight excluding hydrogens is 318 g/mol. The average molecular weight is 329 g/mol. The Balaban J connectivity index is 1.66. The van der Waals surface area contributed by atoms with Gasteiger partial charge in [0, 0.05) is 0 Å². The number of hydrogen-bond acceptors (Lipinski definition) is 4. The van der Waals surface area contributed by atoms with Gasteiger partial charge in [-0.25, -0.2) is 4.98 Å². The lowest BCUT2D eigenvalue weighted by Crippen LogP contribution is -1.93. The highest BCUT2D eigenvalue weighted by atomic mass is 32.2. The maximum absolute atomic E-state index is 5.47. The lowest BCUT2D eigenvalue weighted by molar-refractivity contribution is 0.926. The topological polar surface area (TPSA) is 33.6 Å². The standard InChI is InChI=1S/C15H11N3S3/c19-15-18(12-7-3-4-8-13(12)21-15)9-20-14-16-10-5-1-2-6-11(10)17-14/h1-8H,9H2,(H,16,17). The summed E-state index contributed by atoms with van der Waals surface area (Å²) in [5.41, 5.74) is 3.26. The molecule has 1 N–H and O–H groups in total. The third-order valence-corrected chi connectivity index (χ3v) is 5.56. The molecule has 4 aromatic rings. The van der Waals surface area contributed by atoms with Crippen LogP contribution in [0.5, 0.6) is 0 Å². The lowest BCUT2D eigenvalue weighted by atomic mass is 10.3. The first-order valence-corrected chi connectivity index (χ1v) is 8.68. The molecule has 104 valence electrons. The van der Waals surface area contributed by atoms with E-state index < -0.39 is 0 Å². The minimum atomic E-state index is 0.767. The molecule has 0 spiro atoms. The molecule has 0 amide bonds. The zero-order chi connectivity index (χ0) is 14.2. The van der Waals surface area contributed by atoms with E-state index in [1.807, 2.05) is 36.4 Å². The van der Waals surface area contributed by atoms with Crippen LogP contribution in [0.15, 0.2) is 53.7 Å². The quantitative estimate of drug-likeness (QED) is 0.421. The van der Waals surface area contributed by atoms with E-state index in [2.05, 4.69) is 26.7 Å². The summed E-state index contributed by atoms with van der Waals surface area (Å²) in [5.74, 6) is 0.767. The highest BCUT2D eigenvalue weighted by Crippen LogP contribution is 2.27. The zero-order valence-electron chi connectivity index (χ0n) is 10.9. The van der Waals surface area contributed by atoms with Crippen LogP contribution in [0.3, 0.4) is 0 Å². The summed E-state index contributed by atoms with van der Waals surface area (Å²) in [6.45, 7) is 0. The second kappa shape index (κ2) is 5.29. The van der Waals surface area contributed by atoms with Crippen molar-refractivity contribution < 1.29 is 0 Å². The fourth-order valence-electron chi connectivity index (χ4n) is 2.26. The molecule has 0 aliphatic rings. The largest absolute Gasteiger partial charge is 0.333 e. The monoisotopic (exact) mass is 329 g/mol. The second-order valence-corrected chi connectivity index (χ2v) is 7.21. The van der Waals surface area contributed by atoms with Crippen molar-refractivity contribution in [2.45, 2.75) is 11.0 Å². The van der Waals surface area contributed by atoms with E-state index in [-0.39, 0.29) is 0 Å². The number of rotatable bonds is 3. The molecule has 2 aromatic carbocycles. The first kappa shape index (κ1) is 13.1. The molecular formula is C15H11N3S3. The Morgan fingerprint density at radius 3 is 2.86 bits per heavy atom. The molecule has 0 fully saturated rings. The molecule has 4 rings (SSSR count). The van der Waals surface area contributed by atoms with Crippen LogP contribution in [0.1, 0.15) is 0 Å². The molecule has 0 unspecified atom stereocenters. The SMILES string of the molecule is S=c1sc2ccccc2n1CSc1nc2ccccc2[nH]1. The summed E-state index contributed by atoms with van der Waals surface area (Å²) in [5, 5.41) is 0.924. The Labute approximate surface area is 134 Å². The van der Waals surface area contributed by atoms with E-state index in [1.165, 1.54) is 10.2 Å². The third kappa shape index (κ3) is 2.39. The summed E-state index contributed by atoms with van der Waals surface area (Å²) in [6, 6.07) is 16.4.